The van der Waals surface area contributed by atoms with Crippen LogP contribution in [-0.2, 0) is 11.2 Å². The third-order valence-electron chi connectivity index (χ3n) is 4.25. The van der Waals surface area contributed by atoms with Gasteiger partial charge in [-0.05, 0) is 24.5 Å². The number of hydrogen-bond donors (Lipinski definition) is 0. The van der Waals surface area contributed by atoms with Gasteiger partial charge in [0.25, 0.3) is 0 Å². The zero-order valence-corrected chi connectivity index (χ0v) is 12.7. The molecule has 0 amide bonds. The van der Waals surface area contributed by atoms with Crippen LogP contribution in [0.3, 0.4) is 0 Å². The lowest BCUT2D eigenvalue weighted by Gasteiger charge is -2.22. The fourth-order valence-corrected chi connectivity index (χ4v) is 3.05. The second-order valence-corrected chi connectivity index (χ2v) is 5.77. The highest BCUT2D eigenvalue weighted by molar-refractivity contribution is 6.00. The van der Waals surface area contributed by atoms with Gasteiger partial charge in [-0.1, -0.05) is 6.07 Å². The van der Waals surface area contributed by atoms with Gasteiger partial charge in [-0.25, -0.2) is 13.2 Å². The first-order valence-corrected chi connectivity index (χ1v) is 7.61. The number of carbonyl (C=O) groups is 2. The molecule has 2 aromatic rings. The largest absolute Gasteiger partial charge is 0.299 e. The second-order valence-electron chi connectivity index (χ2n) is 5.77. The Morgan fingerprint density at radius 2 is 1.92 bits per heavy atom. The van der Waals surface area contributed by atoms with Gasteiger partial charge in [0, 0.05) is 42.7 Å². The van der Waals surface area contributed by atoms with Crippen molar-refractivity contribution in [3.8, 4) is 0 Å². The van der Waals surface area contributed by atoms with Crippen molar-refractivity contribution < 1.29 is 22.8 Å². The molecule has 1 aliphatic carbocycles. The first-order chi connectivity index (χ1) is 11.5. The highest BCUT2D eigenvalue weighted by Crippen LogP contribution is 2.32. The van der Waals surface area contributed by atoms with Crippen molar-refractivity contribution in [3.05, 3.63) is 64.7 Å². The molecule has 0 saturated heterocycles. The maximum absolute atomic E-state index is 13.6. The van der Waals surface area contributed by atoms with E-state index >= 15 is 0 Å². The molecule has 1 atom stereocenters. The van der Waals surface area contributed by atoms with Crippen molar-refractivity contribution in [3.63, 3.8) is 0 Å². The molecule has 1 heterocycles. The Morgan fingerprint density at radius 1 is 1.21 bits per heavy atom. The molecular weight excluding hydrogens is 319 g/mol. The highest BCUT2D eigenvalue weighted by Gasteiger charge is 2.31. The zero-order chi connectivity index (χ0) is 17.3. The predicted molar refractivity (Wildman–Crippen MR) is 80.2 cm³/mol. The van der Waals surface area contributed by atoms with E-state index in [0.29, 0.717) is 29.8 Å². The fourth-order valence-electron chi connectivity index (χ4n) is 3.05. The number of Topliss-reactive ketones (excluding diaryl/α,β-unsaturated/α-hetero) is 2. The van der Waals surface area contributed by atoms with E-state index in [1.165, 1.54) is 6.20 Å². The number of aromatic nitrogens is 1. The van der Waals surface area contributed by atoms with Gasteiger partial charge >= 0.3 is 0 Å². The number of benzene rings is 1. The molecule has 3 nitrogen and oxygen atoms in total. The summed E-state index contributed by atoms with van der Waals surface area (Å²) in [6, 6.07) is 4.53. The van der Waals surface area contributed by atoms with Crippen LogP contribution in [0.5, 0.6) is 0 Å². The lowest BCUT2D eigenvalue weighted by Crippen LogP contribution is -2.23. The molecule has 0 bridgehead atoms. The van der Waals surface area contributed by atoms with Crippen LogP contribution in [0.25, 0.3) is 0 Å². The Bertz CT molecular complexity index is 797. The van der Waals surface area contributed by atoms with Gasteiger partial charge in [-0.3, -0.25) is 14.6 Å². The molecule has 0 N–H and O–H groups in total. The van der Waals surface area contributed by atoms with Gasteiger partial charge < -0.3 is 0 Å². The van der Waals surface area contributed by atoms with E-state index in [1.54, 1.807) is 12.1 Å². The van der Waals surface area contributed by atoms with Crippen molar-refractivity contribution in [2.24, 2.45) is 0 Å². The van der Waals surface area contributed by atoms with Gasteiger partial charge in [0.15, 0.2) is 5.78 Å². The Kier molecular flexibility index (Phi) is 4.46. The molecule has 124 valence electrons. The summed E-state index contributed by atoms with van der Waals surface area (Å²) in [7, 11) is 0. The highest BCUT2D eigenvalue weighted by atomic mass is 19.1. The zero-order valence-electron chi connectivity index (χ0n) is 12.7. The number of pyridine rings is 1. The van der Waals surface area contributed by atoms with Crippen molar-refractivity contribution in [2.75, 3.05) is 0 Å². The Morgan fingerprint density at radius 3 is 2.62 bits per heavy atom. The number of ketones is 2. The van der Waals surface area contributed by atoms with Crippen LogP contribution in [-0.4, -0.2) is 16.6 Å². The minimum absolute atomic E-state index is 0.0906. The van der Waals surface area contributed by atoms with E-state index in [1.807, 2.05) is 0 Å². The predicted octanol–water partition coefficient (Wildman–Crippen LogP) is 3.76. The van der Waals surface area contributed by atoms with Gasteiger partial charge in [0.2, 0.25) is 0 Å². The molecule has 0 saturated carbocycles. The monoisotopic (exact) mass is 333 g/mol. The average Bonchev–Trinajstić information content (AvgIpc) is 2.54. The summed E-state index contributed by atoms with van der Waals surface area (Å²) in [6.07, 6.45) is 1.83. The number of hydrogen-bond acceptors (Lipinski definition) is 3. The molecule has 6 heteroatoms. The normalized spacial score (nSPS) is 16.8. The maximum atomic E-state index is 13.6. The summed E-state index contributed by atoms with van der Waals surface area (Å²) in [4.78, 5) is 28.3. The van der Waals surface area contributed by atoms with Crippen LogP contribution in [0.1, 0.15) is 46.8 Å². The topological polar surface area (TPSA) is 47.0 Å². The fraction of sp³-hybridized carbons (Fsp3) is 0.278. The van der Waals surface area contributed by atoms with Crippen LogP contribution in [0.2, 0.25) is 0 Å². The molecule has 1 unspecified atom stereocenters. The van der Waals surface area contributed by atoms with Gasteiger partial charge in [-0.15, -0.1) is 0 Å². The summed E-state index contributed by atoms with van der Waals surface area (Å²) >= 11 is 0. The second kappa shape index (κ2) is 6.55. The van der Waals surface area contributed by atoms with E-state index in [0.717, 1.165) is 0 Å². The molecule has 3 rings (SSSR count). The molecular formula is C18H14F3NO2. The number of rotatable bonds is 4. The van der Waals surface area contributed by atoms with Crippen molar-refractivity contribution in [1.29, 1.82) is 0 Å². The first kappa shape index (κ1) is 16.4. The molecule has 0 aliphatic heterocycles. The van der Waals surface area contributed by atoms with Crippen LogP contribution in [0.4, 0.5) is 13.2 Å². The van der Waals surface area contributed by atoms with Gasteiger partial charge in [-0.2, -0.15) is 0 Å². The van der Waals surface area contributed by atoms with E-state index in [-0.39, 0.29) is 36.4 Å². The van der Waals surface area contributed by atoms with E-state index in [9.17, 15) is 22.8 Å². The van der Waals surface area contributed by atoms with Crippen LogP contribution in [0, 0.1) is 17.5 Å². The quantitative estimate of drug-likeness (QED) is 0.856. The lowest BCUT2D eigenvalue weighted by atomic mass is 9.81. The van der Waals surface area contributed by atoms with Crippen LogP contribution in [0.15, 0.2) is 30.5 Å². The molecule has 1 aromatic heterocycles. The molecule has 0 radical (unpaired) electrons. The van der Waals surface area contributed by atoms with Gasteiger partial charge in [0.1, 0.15) is 28.9 Å². The summed E-state index contributed by atoms with van der Waals surface area (Å²) in [5.41, 5.74) is 0.558. The van der Waals surface area contributed by atoms with Crippen molar-refractivity contribution in [1.82, 2.24) is 4.98 Å². The van der Waals surface area contributed by atoms with Crippen molar-refractivity contribution >= 4 is 11.6 Å². The Balaban J connectivity index is 1.77. The molecule has 24 heavy (non-hydrogen) atoms. The Hall–Kier alpha value is -2.50. The van der Waals surface area contributed by atoms with E-state index < -0.39 is 23.4 Å². The number of halogens is 3. The molecule has 1 aromatic carbocycles. The summed E-state index contributed by atoms with van der Waals surface area (Å²) < 4.78 is 40.2. The van der Waals surface area contributed by atoms with Crippen LogP contribution >= 0.6 is 0 Å². The van der Waals surface area contributed by atoms with Crippen molar-refractivity contribution in [2.45, 2.75) is 31.6 Å². The number of fused-ring (bicyclic) bond motifs is 1. The Labute approximate surface area is 136 Å². The third-order valence-corrected chi connectivity index (χ3v) is 4.25. The summed E-state index contributed by atoms with van der Waals surface area (Å²) in [6.45, 7) is 0. The molecule has 1 aliphatic rings. The lowest BCUT2D eigenvalue weighted by molar-refractivity contribution is -0.120. The minimum atomic E-state index is -0.999. The SMILES string of the molecule is O=C1CCC(C(=O)CCc2c(F)cc(F)cc2F)c2cccnc21. The van der Waals surface area contributed by atoms with E-state index in [2.05, 4.69) is 4.98 Å². The molecule has 0 fully saturated rings. The van der Waals surface area contributed by atoms with Gasteiger partial charge in [0.05, 0.1) is 0 Å². The third kappa shape index (κ3) is 3.09. The minimum Gasteiger partial charge on any atom is -0.299 e. The summed E-state index contributed by atoms with van der Waals surface area (Å²) in [5.74, 6) is -3.81. The smallest absolute Gasteiger partial charge is 0.181 e. The number of carbonyl (C=O) groups excluding carboxylic acids is 2. The average molecular weight is 333 g/mol. The first-order valence-electron chi connectivity index (χ1n) is 7.61. The van der Waals surface area contributed by atoms with Crippen LogP contribution < -0.4 is 0 Å². The standard InChI is InChI=1S/C18H14F3NO2/c19-10-8-14(20)13(15(21)9-10)4-5-16(23)11-3-6-17(24)18-12(11)2-1-7-22-18/h1-2,7-9,11H,3-6H2. The summed E-state index contributed by atoms with van der Waals surface area (Å²) in [5, 5.41) is 0. The number of nitrogens with zero attached hydrogens (tertiary/aromatic N) is 1. The molecule has 0 spiro atoms. The maximum Gasteiger partial charge on any atom is 0.181 e. The van der Waals surface area contributed by atoms with E-state index in [4.69, 9.17) is 0 Å².